The van der Waals surface area contributed by atoms with Crippen LogP contribution in [0.3, 0.4) is 0 Å². The third-order valence-corrected chi connectivity index (χ3v) is 2.73. The van der Waals surface area contributed by atoms with E-state index in [2.05, 4.69) is 22.8 Å². The van der Waals surface area contributed by atoms with Crippen molar-refractivity contribution in [2.75, 3.05) is 6.61 Å². The number of ether oxygens (including phenoxy) is 1. The van der Waals surface area contributed by atoms with E-state index in [0.29, 0.717) is 0 Å². The molecule has 1 unspecified atom stereocenters. The molecule has 78 valence electrons. The lowest BCUT2D eigenvalue weighted by Crippen LogP contribution is -2.20. The maximum Gasteiger partial charge on any atom is 0.150 e. The maximum absolute atomic E-state index is 5.72. The molecule has 2 heterocycles. The Kier molecular flexibility index (Phi) is 2.87. The van der Waals surface area contributed by atoms with Crippen molar-refractivity contribution in [2.24, 2.45) is 0 Å². The lowest BCUT2D eigenvalue weighted by Gasteiger charge is -2.24. The molecule has 1 aliphatic heterocycles. The fourth-order valence-electron chi connectivity index (χ4n) is 2.00. The first-order valence-electron chi connectivity index (χ1n) is 5.48. The molecule has 1 aromatic rings. The van der Waals surface area contributed by atoms with E-state index in [9.17, 15) is 0 Å². The highest BCUT2D eigenvalue weighted by Gasteiger charge is 2.18. The molecule has 1 atom stereocenters. The van der Waals surface area contributed by atoms with E-state index >= 15 is 0 Å². The van der Waals surface area contributed by atoms with Crippen LogP contribution in [-0.4, -0.2) is 16.4 Å². The Morgan fingerprint density at radius 2 is 2.43 bits per heavy atom. The van der Waals surface area contributed by atoms with Gasteiger partial charge in [0.15, 0.2) is 0 Å². The van der Waals surface area contributed by atoms with Crippen LogP contribution in [0.2, 0.25) is 0 Å². The summed E-state index contributed by atoms with van der Waals surface area (Å²) < 4.78 is 7.78. The maximum atomic E-state index is 5.72. The molecule has 0 spiro atoms. The summed E-state index contributed by atoms with van der Waals surface area (Å²) in [6, 6.07) is 2.15. The molecule has 1 aliphatic rings. The van der Waals surface area contributed by atoms with Gasteiger partial charge in [-0.2, -0.15) is 5.10 Å². The molecule has 0 aliphatic carbocycles. The molecule has 2 rings (SSSR count). The van der Waals surface area contributed by atoms with Gasteiger partial charge in [-0.15, -0.1) is 0 Å². The number of aromatic nitrogens is 2. The topological polar surface area (TPSA) is 27.1 Å². The number of hydrogen-bond donors (Lipinski definition) is 0. The molecule has 0 amide bonds. The number of rotatable bonds is 2. The van der Waals surface area contributed by atoms with Crippen LogP contribution < -0.4 is 0 Å². The van der Waals surface area contributed by atoms with Gasteiger partial charge in [0.1, 0.15) is 6.23 Å². The average Bonchev–Trinajstić information content (AvgIpc) is 2.61. The minimum Gasteiger partial charge on any atom is -0.357 e. The molecule has 0 radical (unpaired) electrons. The van der Waals surface area contributed by atoms with Crippen molar-refractivity contribution in [3.63, 3.8) is 0 Å². The molecular formula is C11H18N2O. The fraction of sp³-hybridized carbons (Fsp3) is 0.727. The Hall–Kier alpha value is -0.830. The molecule has 0 saturated carbocycles. The quantitative estimate of drug-likeness (QED) is 0.723. The molecule has 3 heteroatoms. The normalized spacial score (nSPS) is 22.6. The van der Waals surface area contributed by atoms with E-state index in [1.165, 1.54) is 18.5 Å². The van der Waals surface area contributed by atoms with Gasteiger partial charge in [-0.25, -0.2) is 4.68 Å². The van der Waals surface area contributed by atoms with Gasteiger partial charge in [0.2, 0.25) is 0 Å². The van der Waals surface area contributed by atoms with Gasteiger partial charge in [0, 0.05) is 12.3 Å². The number of hydrogen-bond acceptors (Lipinski definition) is 2. The molecule has 0 N–H and O–H groups in total. The van der Waals surface area contributed by atoms with E-state index in [0.717, 1.165) is 25.1 Å². The lowest BCUT2D eigenvalue weighted by molar-refractivity contribution is -0.0411. The summed E-state index contributed by atoms with van der Waals surface area (Å²) in [4.78, 5) is 0. The van der Waals surface area contributed by atoms with Gasteiger partial charge < -0.3 is 4.74 Å². The van der Waals surface area contributed by atoms with Gasteiger partial charge in [0.25, 0.3) is 0 Å². The fourth-order valence-corrected chi connectivity index (χ4v) is 2.00. The van der Waals surface area contributed by atoms with Crippen LogP contribution in [0.25, 0.3) is 0 Å². The predicted molar refractivity (Wildman–Crippen MR) is 55.2 cm³/mol. The van der Waals surface area contributed by atoms with Crippen LogP contribution in [0.5, 0.6) is 0 Å². The zero-order valence-corrected chi connectivity index (χ0v) is 8.99. The Morgan fingerprint density at radius 1 is 1.57 bits per heavy atom. The number of aryl methyl sites for hydroxylation is 2. The summed E-state index contributed by atoms with van der Waals surface area (Å²) in [5, 5.41) is 4.50. The smallest absolute Gasteiger partial charge is 0.150 e. The average molecular weight is 194 g/mol. The van der Waals surface area contributed by atoms with E-state index < -0.39 is 0 Å². The Morgan fingerprint density at radius 3 is 3.07 bits per heavy atom. The van der Waals surface area contributed by atoms with Crippen molar-refractivity contribution in [1.82, 2.24) is 9.78 Å². The lowest BCUT2D eigenvalue weighted by atomic mass is 10.2. The highest BCUT2D eigenvalue weighted by molar-refractivity contribution is 5.09. The van der Waals surface area contributed by atoms with E-state index in [1.807, 2.05) is 6.92 Å². The van der Waals surface area contributed by atoms with E-state index in [4.69, 9.17) is 4.74 Å². The Labute approximate surface area is 85.1 Å². The molecular weight excluding hydrogens is 176 g/mol. The summed E-state index contributed by atoms with van der Waals surface area (Å²) in [6.45, 7) is 5.08. The molecule has 1 fully saturated rings. The largest absolute Gasteiger partial charge is 0.357 e. The van der Waals surface area contributed by atoms with Gasteiger partial charge in [-0.1, -0.05) is 6.92 Å². The highest BCUT2D eigenvalue weighted by atomic mass is 16.5. The molecule has 0 aromatic carbocycles. The van der Waals surface area contributed by atoms with E-state index in [-0.39, 0.29) is 6.23 Å². The molecule has 1 saturated heterocycles. The Bertz CT molecular complexity index is 300. The van der Waals surface area contributed by atoms with Crippen LogP contribution in [-0.2, 0) is 11.2 Å². The van der Waals surface area contributed by atoms with Crippen LogP contribution in [0.4, 0.5) is 0 Å². The van der Waals surface area contributed by atoms with Gasteiger partial charge in [-0.3, -0.25) is 0 Å². The van der Waals surface area contributed by atoms with Crippen LogP contribution in [0.1, 0.15) is 43.8 Å². The minimum atomic E-state index is 0.187. The van der Waals surface area contributed by atoms with Crippen LogP contribution in [0.15, 0.2) is 6.07 Å². The van der Waals surface area contributed by atoms with E-state index in [1.54, 1.807) is 0 Å². The highest BCUT2D eigenvalue weighted by Crippen LogP contribution is 2.23. The third-order valence-electron chi connectivity index (χ3n) is 2.73. The number of nitrogens with zero attached hydrogens (tertiary/aromatic N) is 2. The first-order valence-corrected chi connectivity index (χ1v) is 5.48. The zero-order chi connectivity index (χ0) is 9.97. The third kappa shape index (κ3) is 1.82. The van der Waals surface area contributed by atoms with Crippen molar-refractivity contribution in [2.45, 2.75) is 45.8 Å². The SMILES string of the molecule is CCc1cc(C)nn1C1CCCCO1. The molecule has 1 aromatic heterocycles. The summed E-state index contributed by atoms with van der Waals surface area (Å²) in [6.07, 6.45) is 4.77. The van der Waals surface area contributed by atoms with Gasteiger partial charge in [-0.05, 0) is 38.7 Å². The van der Waals surface area contributed by atoms with Crippen molar-refractivity contribution in [1.29, 1.82) is 0 Å². The zero-order valence-electron chi connectivity index (χ0n) is 8.99. The first-order chi connectivity index (χ1) is 6.81. The molecule has 0 bridgehead atoms. The summed E-state index contributed by atoms with van der Waals surface area (Å²) >= 11 is 0. The van der Waals surface area contributed by atoms with Crippen LogP contribution >= 0.6 is 0 Å². The summed E-state index contributed by atoms with van der Waals surface area (Å²) in [7, 11) is 0. The second-order valence-electron chi connectivity index (χ2n) is 3.90. The van der Waals surface area contributed by atoms with Gasteiger partial charge in [0.05, 0.1) is 5.69 Å². The second-order valence-corrected chi connectivity index (χ2v) is 3.90. The molecule has 3 nitrogen and oxygen atoms in total. The summed E-state index contributed by atoms with van der Waals surface area (Å²) in [5.74, 6) is 0. The predicted octanol–water partition coefficient (Wildman–Crippen LogP) is 2.45. The van der Waals surface area contributed by atoms with Crippen molar-refractivity contribution >= 4 is 0 Å². The van der Waals surface area contributed by atoms with Crippen LogP contribution in [0, 0.1) is 6.92 Å². The van der Waals surface area contributed by atoms with Gasteiger partial charge >= 0.3 is 0 Å². The standard InChI is InChI=1S/C11H18N2O/c1-3-10-8-9(2)12-13(10)11-6-4-5-7-14-11/h8,11H,3-7H2,1-2H3. The van der Waals surface area contributed by atoms with Crippen molar-refractivity contribution in [3.8, 4) is 0 Å². The first kappa shape index (κ1) is 9.71. The second kappa shape index (κ2) is 4.13. The summed E-state index contributed by atoms with van der Waals surface area (Å²) in [5.41, 5.74) is 2.38. The monoisotopic (exact) mass is 194 g/mol. The Balaban J connectivity index is 2.20. The molecule has 14 heavy (non-hydrogen) atoms. The van der Waals surface area contributed by atoms with Crippen molar-refractivity contribution in [3.05, 3.63) is 17.5 Å². The van der Waals surface area contributed by atoms with Crippen molar-refractivity contribution < 1.29 is 4.74 Å². The minimum absolute atomic E-state index is 0.187.